The van der Waals surface area contributed by atoms with E-state index in [0.717, 1.165) is 36.6 Å². The lowest BCUT2D eigenvalue weighted by Crippen LogP contribution is -2.08. The van der Waals surface area contributed by atoms with E-state index >= 15 is 0 Å². The van der Waals surface area contributed by atoms with Crippen LogP contribution in [0.15, 0.2) is 12.4 Å². The predicted molar refractivity (Wildman–Crippen MR) is 64.7 cm³/mol. The smallest absolute Gasteiger partial charge is 0.223 e. The summed E-state index contributed by atoms with van der Waals surface area (Å²) < 4.78 is 0. The lowest BCUT2D eigenvalue weighted by atomic mass is 10.3. The maximum absolute atomic E-state index is 4.31. The van der Waals surface area contributed by atoms with Crippen LogP contribution in [0.3, 0.4) is 0 Å². The molecule has 2 heterocycles. The van der Waals surface area contributed by atoms with Gasteiger partial charge in [0.1, 0.15) is 12.2 Å². The number of nitrogens with zero attached hydrogens (tertiary/aromatic N) is 4. The first-order valence-electron chi connectivity index (χ1n) is 5.64. The fraction of sp³-hybridized carbons (Fsp3) is 0.455. The van der Waals surface area contributed by atoms with Crippen LogP contribution in [0.4, 0.5) is 5.95 Å². The van der Waals surface area contributed by atoms with E-state index in [1.807, 2.05) is 19.9 Å². The monoisotopic (exact) mass is 232 g/mol. The van der Waals surface area contributed by atoms with Crippen molar-refractivity contribution in [3.63, 3.8) is 0 Å². The van der Waals surface area contributed by atoms with Gasteiger partial charge in [0.15, 0.2) is 0 Å². The van der Waals surface area contributed by atoms with Crippen molar-refractivity contribution in [3.05, 3.63) is 29.6 Å². The SMILES string of the molecule is Cc1cc(C)nc(NCCCc2ncn[nH]2)n1. The first-order valence-corrected chi connectivity index (χ1v) is 5.64. The Morgan fingerprint density at radius 2 is 2.00 bits per heavy atom. The second-order valence-electron chi connectivity index (χ2n) is 3.94. The minimum Gasteiger partial charge on any atom is -0.354 e. The zero-order valence-corrected chi connectivity index (χ0v) is 10.1. The summed E-state index contributed by atoms with van der Waals surface area (Å²) in [5, 5.41) is 9.84. The summed E-state index contributed by atoms with van der Waals surface area (Å²) in [6.07, 6.45) is 3.36. The molecule has 17 heavy (non-hydrogen) atoms. The fourth-order valence-corrected chi connectivity index (χ4v) is 1.61. The van der Waals surface area contributed by atoms with Gasteiger partial charge in [-0.05, 0) is 26.3 Å². The molecule has 0 aromatic carbocycles. The minimum atomic E-state index is 0.695. The average Bonchev–Trinajstić information content (AvgIpc) is 2.76. The van der Waals surface area contributed by atoms with E-state index in [1.54, 1.807) is 0 Å². The van der Waals surface area contributed by atoms with Gasteiger partial charge in [0.05, 0.1) is 0 Å². The van der Waals surface area contributed by atoms with Gasteiger partial charge in [0.25, 0.3) is 0 Å². The molecule has 0 aliphatic carbocycles. The van der Waals surface area contributed by atoms with Gasteiger partial charge in [-0.2, -0.15) is 5.10 Å². The molecule has 0 atom stereocenters. The highest BCUT2D eigenvalue weighted by Crippen LogP contribution is 2.03. The normalized spacial score (nSPS) is 10.5. The molecule has 0 aliphatic heterocycles. The van der Waals surface area contributed by atoms with Gasteiger partial charge in [0, 0.05) is 24.4 Å². The number of aryl methyl sites for hydroxylation is 3. The highest BCUT2D eigenvalue weighted by molar-refractivity contribution is 5.27. The van der Waals surface area contributed by atoms with Crippen LogP contribution in [0, 0.1) is 13.8 Å². The van der Waals surface area contributed by atoms with Gasteiger partial charge in [-0.15, -0.1) is 0 Å². The van der Waals surface area contributed by atoms with Crippen LogP contribution in [0.1, 0.15) is 23.6 Å². The van der Waals surface area contributed by atoms with Crippen molar-refractivity contribution in [1.29, 1.82) is 0 Å². The average molecular weight is 232 g/mol. The molecular formula is C11H16N6. The van der Waals surface area contributed by atoms with E-state index in [4.69, 9.17) is 0 Å². The quantitative estimate of drug-likeness (QED) is 0.758. The van der Waals surface area contributed by atoms with E-state index in [2.05, 4.69) is 30.5 Å². The van der Waals surface area contributed by atoms with E-state index in [0.29, 0.717) is 5.95 Å². The molecule has 0 amide bonds. The Morgan fingerprint density at radius 1 is 1.24 bits per heavy atom. The van der Waals surface area contributed by atoms with Crippen molar-refractivity contribution < 1.29 is 0 Å². The van der Waals surface area contributed by atoms with Gasteiger partial charge in [-0.3, -0.25) is 5.10 Å². The second kappa shape index (κ2) is 5.38. The van der Waals surface area contributed by atoms with Crippen molar-refractivity contribution in [1.82, 2.24) is 25.1 Å². The van der Waals surface area contributed by atoms with E-state index in [9.17, 15) is 0 Å². The van der Waals surface area contributed by atoms with Crippen LogP contribution >= 0.6 is 0 Å². The predicted octanol–water partition coefficient (Wildman–Crippen LogP) is 1.26. The van der Waals surface area contributed by atoms with Crippen LogP contribution in [-0.4, -0.2) is 31.7 Å². The largest absolute Gasteiger partial charge is 0.354 e. The summed E-state index contributed by atoms with van der Waals surface area (Å²) in [5.41, 5.74) is 1.96. The molecule has 0 saturated carbocycles. The molecule has 90 valence electrons. The number of anilines is 1. The van der Waals surface area contributed by atoms with Crippen molar-refractivity contribution in [2.24, 2.45) is 0 Å². The Hall–Kier alpha value is -1.98. The molecular weight excluding hydrogens is 216 g/mol. The van der Waals surface area contributed by atoms with E-state index in [-0.39, 0.29) is 0 Å². The molecule has 2 aromatic heterocycles. The van der Waals surface area contributed by atoms with Gasteiger partial charge in [0.2, 0.25) is 5.95 Å². The van der Waals surface area contributed by atoms with Crippen LogP contribution in [0.2, 0.25) is 0 Å². The van der Waals surface area contributed by atoms with Gasteiger partial charge in [-0.1, -0.05) is 0 Å². The van der Waals surface area contributed by atoms with Crippen molar-refractivity contribution in [3.8, 4) is 0 Å². The van der Waals surface area contributed by atoms with Crippen molar-refractivity contribution in [2.45, 2.75) is 26.7 Å². The highest BCUT2D eigenvalue weighted by Gasteiger charge is 1.99. The topological polar surface area (TPSA) is 79.4 Å². The maximum Gasteiger partial charge on any atom is 0.223 e. The number of hydrogen-bond acceptors (Lipinski definition) is 5. The Balaban J connectivity index is 1.78. The third-order valence-corrected chi connectivity index (χ3v) is 2.32. The van der Waals surface area contributed by atoms with Crippen LogP contribution in [0.25, 0.3) is 0 Å². The van der Waals surface area contributed by atoms with Crippen molar-refractivity contribution >= 4 is 5.95 Å². The molecule has 6 nitrogen and oxygen atoms in total. The first-order chi connectivity index (χ1) is 8.24. The molecule has 2 aromatic rings. The summed E-state index contributed by atoms with van der Waals surface area (Å²) in [7, 11) is 0. The van der Waals surface area contributed by atoms with Crippen LogP contribution in [0.5, 0.6) is 0 Å². The fourth-order valence-electron chi connectivity index (χ4n) is 1.61. The molecule has 0 spiro atoms. The van der Waals surface area contributed by atoms with Crippen LogP contribution < -0.4 is 5.32 Å². The lowest BCUT2D eigenvalue weighted by Gasteiger charge is -2.05. The Morgan fingerprint density at radius 3 is 2.65 bits per heavy atom. The Bertz CT molecular complexity index is 445. The summed E-state index contributed by atoms with van der Waals surface area (Å²) in [6.45, 7) is 4.76. The van der Waals surface area contributed by atoms with Gasteiger partial charge < -0.3 is 5.32 Å². The third kappa shape index (κ3) is 3.51. The first kappa shape index (κ1) is 11.5. The molecule has 0 radical (unpaired) electrons. The zero-order chi connectivity index (χ0) is 12.1. The molecule has 6 heteroatoms. The molecule has 2 N–H and O–H groups in total. The summed E-state index contributed by atoms with van der Waals surface area (Å²) in [5.74, 6) is 1.60. The second-order valence-corrected chi connectivity index (χ2v) is 3.94. The van der Waals surface area contributed by atoms with Crippen LogP contribution in [-0.2, 0) is 6.42 Å². The Labute approximate surface area is 99.9 Å². The summed E-state index contributed by atoms with van der Waals surface area (Å²) in [4.78, 5) is 12.7. The summed E-state index contributed by atoms with van der Waals surface area (Å²) >= 11 is 0. The number of nitrogens with one attached hydrogen (secondary N) is 2. The van der Waals surface area contributed by atoms with Gasteiger partial charge in [-0.25, -0.2) is 15.0 Å². The van der Waals surface area contributed by atoms with Crippen molar-refractivity contribution in [2.75, 3.05) is 11.9 Å². The molecule has 0 bridgehead atoms. The molecule has 0 fully saturated rings. The number of rotatable bonds is 5. The van der Waals surface area contributed by atoms with Gasteiger partial charge >= 0.3 is 0 Å². The maximum atomic E-state index is 4.31. The van der Waals surface area contributed by atoms with E-state index < -0.39 is 0 Å². The standard InChI is InChI=1S/C11H16N6/c1-8-6-9(2)16-11(15-8)12-5-3-4-10-13-7-14-17-10/h6-7H,3-5H2,1-2H3,(H,12,15,16)(H,13,14,17). The Kier molecular flexibility index (Phi) is 3.64. The number of aromatic nitrogens is 5. The molecule has 2 rings (SSSR count). The third-order valence-electron chi connectivity index (χ3n) is 2.32. The highest BCUT2D eigenvalue weighted by atomic mass is 15.2. The molecule has 0 unspecified atom stereocenters. The molecule has 0 aliphatic rings. The number of aromatic amines is 1. The number of hydrogen-bond donors (Lipinski definition) is 2. The van der Waals surface area contributed by atoms with E-state index in [1.165, 1.54) is 6.33 Å². The lowest BCUT2D eigenvalue weighted by molar-refractivity contribution is 0.799. The number of H-pyrrole nitrogens is 1. The summed E-state index contributed by atoms with van der Waals surface area (Å²) in [6, 6.07) is 1.96. The minimum absolute atomic E-state index is 0.695. The molecule has 0 saturated heterocycles. The zero-order valence-electron chi connectivity index (χ0n) is 10.1.